The topological polar surface area (TPSA) is 93.7 Å². The van der Waals surface area contributed by atoms with Crippen molar-refractivity contribution in [2.45, 2.75) is 25.7 Å². The van der Waals surface area contributed by atoms with Crippen LogP contribution >= 0.6 is 34.8 Å². The number of amides is 1. The maximum absolute atomic E-state index is 11.6. The van der Waals surface area contributed by atoms with Crippen LogP contribution in [0.5, 0.6) is 11.5 Å². The van der Waals surface area contributed by atoms with E-state index >= 15 is 0 Å². The number of rotatable bonds is 11. The highest BCUT2D eigenvalue weighted by atomic mass is 35.5. The monoisotopic (exact) mass is 522 g/mol. The molecular formula is C21H25Cl3N2O5S. The van der Waals surface area contributed by atoms with Crippen LogP contribution in [0.4, 0.5) is 0 Å². The van der Waals surface area contributed by atoms with Crippen molar-refractivity contribution in [1.82, 2.24) is 10.3 Å². The zero-order valence-corrected chi connectivity index (χ0v) is 21.0. The van der Waals surface area contributed by atoms with Crippen LogP contribution in [0.1, 0.15) is 31.4 Å². The zero-order chi connectivity index (χ0) is 23.9. The molecular weight excluding hydrogens is 499 g/mol. The summed E-state index contributed by atoms with van der Waals surface area (Å²) in [6.45, 7) is 4.14. The molecule has 0 aliphatic heterocycles. The fourth-order valence-electron chi connectivity index (χ4n) is 2.76. The Kier molecular flexibility index (Phi) is 9.48. The van der Waals surface area contributed by atoms with Gasteiger partial charge < -0.3 is 9.47 Å². The molecule has 2 aromatic carbocycles. The molecule has 0 unspecified atom stereocenters. The van der Waals surface area contributed by atoms with Crippen molar-refractivity contribution in [3.63, 3.8) is 0 Å². The molecule has 0 fully saturated rings. The zero-order valence-electron chi connectivity index (χ0n) is 17.9. The van der Waals surface area contributed by atoms with E-state index in [4.69, 9.17) is 44.3 Å². The molecule has 0 spiro atoms. The van der Waals surface area contributed by atoms with Crippen LogP contribution in [0.3, 0.4) is 0 Å². The van der Waals surface area contributed by atoms with Gasteiger partial charge >= 0.3 is 0 Å². The highest BCUT2D eigenvalue weighted by molar-refractivity contribution is 7.88. The lowest BCUT2D eigenvalue weighted by atomic mass is 9.78. The lowest BCUT2D eigenvalue weighted by Gasteiger charge is -2.27. The Balaban J connectivity index is 2.08. The molecule has 11 heteroatoms. The van der Waals surface area contributed by atoms with Crippen LogP contribution in [0, 0.1) is 0 Å². The van der Waals surface area contributed by atoms with E-state index < -0.39 is 21.3 Å². The number of halogens is 3. The number of carbonyl (C=O) groups excluding carboxylic acids is 1. The summed E-state index contributed by atoms with van der Waals surface area (Å²) in [5, 5.41) is 0.840. The first-order valence-electron chi connectivity index (χ1n) is 9.61. The molecule has 0 aliphatic rings. The van der Waals surface area contributed by atoms with Gasteiger partial charge in [-0.2, -0.15) is 0 Å². The third-order valence-corrected chi connectivity index (χ3v) is 5.87. The second-order valence-corrected chi connectivity index (χ2v) is 10.5. The second kappa shape index (κ2) is 11.4. The van der Waals surface area contributed by atoms with E-state index in [0.29, 0.717) is 40.5 Å². The summed E-state index contributed by atoms with van der Waals surface area (Å²) in [6.07, 6.45) is 1.61. The maximum atomic E-state index is 11.6. The van der Waals surface area contributed by atoms with Gasteiger partial charge in [0.1, 0.15) is 5.75 Å². The van der Waals surface area contributed by atoms with Gasteiger partial charge in [0.05, 0.1) is 22.9 Å². The van der Waals surface area contributed by atoms with Crippen LogP contribution in [0.2, 0.25) is 10.0 Å². The standard InChI is InChI=1S/C21H25Cl3N2O5S/c1-21(2,15-11-17(23)20(18(24)12-15)30-10-4-9-22)14-5-7-16(8-6-14)31-13-19(27)25-26-32(3,28)29/h5-8,11-12,26H,4,9-10,13H2,1-3H3,(H,25,27). The predicted molar refractivity (Wildman–Crippen MR) is 127 cm³/mol. The highest BCUT2D eigenvalue weighted by Crippen LogP contribution is 2.40. The molecule has 0 bridgehead atoms. The molecule has 0 radical (unpaired) electrons. The van der Waals surface area contributed by atoms with Gasteiger partial charge in [0.2, 0.25) is 10.0 Å². The molecule has 0 aromatic heterocycles. The van der Waals surface area contributed by atoms with Gasteiger partial charge in [-0.15, -0.1) is 16.4 Å². The average molecular weight is 524 g/mol. The number of benzene rings is 2. The minimum Gasteiger partial charge on any atom is -0.490 e. The number of alkyl halides is 1. The summed E-state index contributed by atoms with van der Waals surface area (Å²) < 4.78 is 33.0. The molecule has 1 amide bonds. The van der Waals surface area contributed by atoms with Crippen LogP contribution in [-0.4, -0.2) is 39.7 Å². The summed E-state index contributed by atoms with van der Waals surface area (Å²) in [4.78, 5) is 13.5. The summed E-state index contributed by atoms with van der Waals surface area (Å²) in [5.74, 6) is 0.753. The molecule has 0 atom stereocenters. The number of hydrogen-bond acceptors (Lipinski definition) is 5. The fourth-order valence-corrected chi connectivity index (χ4v) is 3.76. The van der Waals surface area contributed by atoms with E-state index in [1.807, 2.05) is 48.4 Å². The molecule has 0 saturated heterocycles. The molecule has 0 aliphatic carbocycles. The van der Waals surface area contributed by atoms with Crippen molar-refractivity contribution in [1.29, 1.82) is 0 Å². The number of ether oxygens (including phenoxy) is 2. The van der Waals surface area contributed by atoms with Gasteiger partial charge in [0.25, 0.3) is 5.91 Å². The smallest absolute Gasteiger partial charge is 0.272 e. The maximum Gasteiger partial charge on any atom is 0.272 e. The van der Waals surface area contributed by atoms with Crippen molar-refractivity contribution in [2.75, 3.05) is 25.3 Å². The summed E-state index contributed by atoms with van der Waals surface area (Å²) in [5.41, 5.74) is 3.47. The van der Waals surface area contributed by atoms with Crippen LogP contribution < -0.4 is 19.7 Å². The Hall–Kier alpha value is -1.71. The normalized spacial score (nSPS) is 11.8. The number of hydrazine groups is 1. The van der Waals surface area contributed by atoms with Gasteiger partial charge in [0, 0.05) is 11.3 Å². The minimum atomic E-state index is -3.54. The van der Waals surface area contributed by atoms with E-state index in [1.165, 1.54) is 0 Å². The van der Waals surface area contributed by atoms with Crippen molar-refractivity contribution in [2.24, 2.45) is 0 Å². The van der Waals surface area contributed by atoms with Crippen molar-refractivity contribution in [3.05, 3.63) is 57.6 Å². The first kappa shape index (κ1) is 26.5. The quantitative estimate of drug-likeness (QED) is 0.260. The number of nitrogens with one attached hydrogen (secondary N) is 2. The van der Waals surface area contributed by atoms with E-state index in [-0.39, 0.29) is 6.61 Å². The highest BCUT2D eigenvalue weighted by Gasteiger charge is 2.25. The summed E-state index contributed by atoms with van der Waals surface area (Å²) in [6, 6.07) is 10.8. The summed E-state index contributed by atoms with van der Waals surface area (Å²) >= 11 is 18.5. The van der Waals surface area contributed by atoms with Gasteiger partial charge in [-0.1, -0.05) is 49.2 Å². The summed E-state index contributed by atoms with van der Waals surface area (Å²) in [7, 11) is -3.54. The molecule has 176 valence electrons. The molecule has 2 rings (SSSR count). The van der Waals surface area contributed by atoms with Crippen LogP contribution in [0.15, 0.2) is 36.4 Å². The SMILES string of the molecule is CC(C)(c1ccc(OCC(=O)NNS(C)(=O)=O)cc1)c1cc(Cl)c(OCCCCl)c(Cl)c1. The van der Waals surface area contributed by atoms with E-state index in [2.05, 4.69) is 0 Å². The van der Waals surface area contributed by atoms with Crippen molar-refractivity contribution < 1.29 is 22.7 Å². The Morgan fingerprint density at radius 3 is 2.16 bits per heavy atom. The Labute approximate surface area is 203 Å². The van der Waals surface area contributed by atoms with Crippen LogP contribution in [0.25, 0.3) is 0 Å². The van der Waals surface area contributed by atoms with E-state index in [9.17, 15) is 13.2 Å². The van der Waals surface area contributed by atoms with Gasteiger partial charge in [-0.05, 0) is 41.8 Å². The first-order chi connectivity index (χ1) is 14.9. The van der Waals surface area contributed by atoms with Gasteiger partial charge in [0.15, 0.2) is 12.4 Å². The van der Waals surface area contributed by atoms with Gasteiger partial charge in [-0.25, -0.2) is 8.42 Å². The second-order valence-electron chi connectivity index (χ2n) is 7.52. The first-order valence-corrected chi connectivity index (χ1v) is 12.8. The lowest BCUT2D eigenvalue weighted by molar-refractivity contribution is -0.123. The average Bonchev–Trinajstić information content (AvgIpc) is 2.72. The Morgan fingerprint density at radius 2 is 1.62 bits per heavy atom. The molecule has 32 heavy (non-hydrogen) atoms. The third kappa shape index (κ3) is 7.71. The van der Waals surface area contributed by atoms with Crippen molar-refractivity contribution >= 4 is 50.7 Å². The Bertz CT molecular complexity index is 1020. The van der Waals surface area contributed by atoms with E-state index in [1.54, 1.807) is 12.1 Å². The van der Waals surface area contributed by atoms with E-state index in [0.717, 1.165) is 17.4 Å². The number of hydrogen-bond donors (Lipinski definition) is 2. The molecule has 0 heterocycles. The lowest BCUT2D eigenvalue weighted by Crippen LogP contribution is -2.43. The predicted octanol–water partition coefficient (Wildman–Crippen LogP) is 4.29. The number of sulfonamides is 1. The van der Waals surface area contributed by atoms with Gasteiger partial charge in [-0.3, -0.25) is 10.2 Å². The third-order valence-electron chi connectivity index (χ3n) is 4.57. The molecule has 0 saturated carbocycles. The molecule has 2 aromatic rings. The molecule has 2 N–H and O–H groups in total. The minimum absolute atomic E-state index is 0.346. The molecule has 7 nitrogen and oxygen atoms in total. The van der Waals surface area contributed by atoms with Crippen molar-refractivity contribution in [3.8, 4) is 11.5 Å². The largest absolute Gasteiger partial charge is 0.490 e. The fraction of sp³-hybridized carbons (Fsp3) is 0.381. The van der Waals surface area contributed by atoms with Crippen LogP contribution in [-0.2, 0) is 20.2 Å². The number of carbonyl (C=O) groups is 1. The Morgan fingerprint density at radius 1 is 1.03 bits per heavy atom.